The second-order valence-corrected chi connectivity index (χ2v) is 3.72. The molecule has 1 aliphatic rings. The van der Waals surface area contributed by atoms with E-state index in [1.54, 1.807) is 11.2 Å². The van der Waals surface area contributed by atoms with E-state index in [4.69, 9.17) is 4.42 Å². The highest BCUT2D eigenvalue weighted by Gasteiger charge is 2.24. The highest BCUT2D eigenvalue weighted by Crippen LogP contribution is 2.24. The first-order valence-electron chi connectivity index (χ1n) is 5.11. The van der Waals surface area contributed by atoms with Gasteiger partial charge in [-0.1, -0.05) is 5.10 Å². The number of H-pyrrole nitrogens is 1. The molecule has 2 aromatic rings. The zero-order valence-corrected chi connectivity index (χ0v) is 8.73. The average molecular weight is 241 g/mol. The van der Waals surface area contributed by atoms with Gasteiger partial charge in [0.05, 0.1) is 24.3 Å². The lowest BCUT2D eigenvalue weighted by molar-refractivity contribution is 0.115. The van der Waals surface area contributed by atoms with Crippen LogP contribution in [0, 0.1) is 0 Å². The number of halogens is 2. The number of alkyl halides is 2. The second kappa shape index (κ2) is 3.79. The molecule has 0 aliphatic carbocycles. The summed E-state index contributed by atoms with van der Waals surface area (Å²) in [7, 11) is 0. The summed E-state index contributed by atoms with van der Waals surface area (Å²) in [6.45, 7) is 1.14. The van der Waals surface area contributed by atoms with E-state index in [1.807, 2.05) is 0 Å². The maximum Gasteiger partial charge on any atom is 0.318 e. The SMILES string of the molecule is FC(F)c1nnc(N2CCc3nc[nH]c3C2)o1. The normalized spacial score (nSPS) is 15.4. The van der Waals surface area contributed by atoms with Crippen LogP contribution in [0.2, 0.25) is 0 Å². The largest absolute Gasteiger partial charge is 0.402 e. The number of nitrogens with zero attached hydrogens (tertiary/aromatic N) is 4. The van der Waals surface area contributed by atoms with E-state index in [2.05, 4.69) is 20.2 Å². The molecular weight excluding hydrogens is 232 g/mol. The van der Waals surface area contributed by atoms with Crippen LogP contribution in [-0.2, 0) is 13.0 Å². The lowest BCUT2D eigenvalue weighted by atomic mass is 10.1. The molecule has 0 spiro atoms. The summed E-state index contributed by atoms with van der Waals surface area (Å²) in [5, 5.41) is 6.91. The molecule has 0 saturated carbocycles. The van der Waals surface area contributed by atoms with Crippen LogP contribution < -0.4 is 4.90 Å². The highest BCUT2D eigenvalue weighted by atomic mass is 19.3. The number of anilines is 1. The third kappa shape index (κ3) is 1.75. The fourth-order valence-corrected chi connectivity index (χ4v) is 1.82. The summed E-state index contributed by atoms with van der Waals surface area (Å²) < 4.78 is 29.5. The van der Waals surface area contributed by atoms with Gasteiger partial charge in [-0.2, -0.15) is 8.78 Å². The van der Waals surface area contributed by atoms with Gasteiger partial charge in [0.25, 0.3) is 5.89 Å². The third-order valence-electron chi connectivity index (χ3n) is 2.66. The van der Waals surface area contributed by atoms with E-state index in [0.717, 1.165) is 17.8 Å². The molecule has 90 valence electrons. The Bertz CT molecular complexity index is 523. The lowest BCUT2D eigenvalue weighted by Gasteiger charge is -2.23. The van der Waals surface area contributed by atoms with Crippen molar-refractivity contribution in [3.05, 3.63) is 23.6 Å². The van der Waals surface area contributed by atoms with E-state index >= 15 is 0 Å². The minimum atomic E-state index is -2.73. The Balaban J connectivity index is 1.82. The second-order valence-electron chi connectivity index (χ2n) is 3.72. The summed E-state index contributed by atoms with van der Waals surface area (Å²) in [5.41, 5.74) is 1.95. The summed E-state index contributed by atoms with van der Waals surface area (Å²) in [6.07, 6.45) is -0.388. The molecule has 0 radical (unpaired) electrons. The van der Waals surface area contributed by atoms with Crippen LogP contribution in [0.4, 0.5) is 14.8 Å². The number of nitrogens with one attached hydrogen (secondary N) is 1. The molecule has 3 rings (SSSR count). The number of imidazole rings is 1. The van der Waals surface area contributed by atoms with Gasteiger partial charge in [0, 0.05) is 13.0 Å². The predicted octanol–water partition coefficient (Wildman–Crippen LogP) is 1.29. The quantitative estimate of drug-likeness (QED) is 0.857. The molecule has 0 atom stereocenters. The molecular formula is C9H9F2N5O. The molecule has 0 bridgehead atoms. The molecule has 0 saturated heterocycles. The fraction of sp³-hybridized carbons (Fsp3) is 0.444. The van der Waals surface area contributed by atoms with E-state index in [0.29, 0.717) is 13.1 Å². The van der Waals surface area contributed by atoms with Crippen molar-refractivity contribution >= 4 is 6.01 Å². The Morgan fingerprint density at radius 3 is 3.06 bits per heavy atom. The number of hydrogen-bond acceptors (Lipinski definition) is 5. The van der Waals surface area contributed by atoms with E-state index in [9.17, 15) is 8.78 Å². The predicted molar refractivity (Wildman–Crippen MR) is 52.6 cm³/mol. The van der Waals surface area contributed by atoms with E-state index in [1.165, 1.54) is 0 Å². The molecule has 3 heterocycles. The first-order chi connectivity index (χ1) is 8.24. The smallest absolute Gasteiger partial charge is 0.318 e. The van der Waals surface area contributed by atoms with Gasteiger partial charge in [0.15, 0.2) is 0 Å². The van der Waals surface area contributed by atoms with Crippen LogP contribution in [0.5, 0.6) is 0 Å². The van der Waals surface area contributed by atoms with Gasteiger partial charge >= 0.3 is 12.4 Å². The van der Waals surface area contributed by atoms with Crippen molar-refractivity contribution in [2.45, 2.75) is 19.4 Å². The molecule has 1 N–H and O–H groups in total. The maximum absolute atomic E-state index is 12.3. The van der Waals surface area contributed by atoms with Crippen LogP contribution in [0.1, 0.15) is 23.7 Å². The van der Waals surface area contributed by atoms with Crippen molar-refractivity contribution in [1.29, 1.82) is 0 Å². The average Bonchev–Trinajstić information content (AvgIpc) is 2.97. The molecule has 0 unspecified atom stereocenters. The Labute approximate surface area is 94.7 Å². The Morgan fingerprint density at radius 2 is 2.29 bits per heavy atom. The minimum absolute atomic E-state index is 0.126. The Kier molecular flexibility index (Phi) is 2.27. The molecule has 0 aromatic carbocycles. The maximum atomic E-state index is 12.3. The number of fused-ring (bicyclic) bond motifs is 1. The van der Waals surface area contributed by atoms with Gasteiger partial charge in [0.1, 0.15) is 0 Å². The van der Waals surface area contributed by atoms with Crippen molar-refractivity contribution in [2.75, 3.05) is 11.4 Å². The zero-order valence-electron chi connectivity index (χ0n) is 8.73. The molecule has 8 heteroatoms. The summed E-state index contributed by atoms with van der Waals surface area (Å²) >= 11 is 0. The van der Waals surface area contributed by atoms with E-state index in [-0.39, 0.29) is 6.01 Å². The van der Waals surface area contributed by atoms with Crippen LogP contribution in [0.3, 0.4) is 0 Å². The fourth-order valence-electron chi connectivity index (χ4n) is 1.82. The van der Waals surface area contributed by atoms with Crippen LogP contribution in [-0.4, -0.2) is 26.7 Å². The van der Waals surface area contributed by atoms with Crippen molar-refractivity contribution < 1.29 is 13.2 Å². The van der Waals surface area contributed by atoms with Crippen LogP contribution in [0.15, 0.2) is 10.7 Å². The molecule has 0 fully saturated rings. The van der Waals surface area contributed by atoms with Gasteiger partial charge in [-0.05, 0) is 0 Å². The van der Waals surface area contributed by atoms with Crippen LogP contribution >= 0.6 is 0 Å². The molecule has 17 heavy (non-hydrogen) atoms. The standard InChI is InChI=1S/C9H9F2N5O/c10-7(11)8-14-15-9(17-8)16-2-1-5-6(3-16)13-4-12-5/h4,7H,1-3H2,(H,12,13). The molecule has 2 aromatic heterocycles. The minimum Gasteiger partial charge on any atom is -0.402 e. The third-order valence-corrected chi connectivity index (χ3v) is 2.66. The first-order valence-corrected chi connectivity index (χ1v) is 5.11. The van der Waals surface area contributed by atoms with Crippen molar-refractivity contribution in [1.82, 2.24) is 20.2 Å². The van der Waals surface area contributed by atoms with Gasteiger partial charge in [-0.3, -0.25) is 0 Å². The van der Waals surface area contributed by atoms with E-state index < -0.39 is 12.3 Å². The number of aromatic amines is 1. The van der Waals surface area contributed by atoms with Crippen molar-refractivity contribution in [3.8, 4) is 0 Å². The van der Waals surface area contributed by atoms with Crippen LogP contribution in [0.25, 0.3) is 0 Å². The summed E-state index contributed by atoms with van der Waals surface area (Å²) in [6, 6.07) is 0.126. The van der Waals surface area contributed by atoms with Crippen molar-refractivity contribution in [2.24, 2.45) is 0 Å². The summed E-state index contributed by atoms with van der Waals surface area (Å²) in [4.78, 5) is 8.89. The molecule has 6 nitrogen and oxygen atoms in total. The Morgan fingerprint density at radius 1 is 1.41 bits per heavy atom. The number of rotatable bonds is 2. The topological polar surface area (TPSA) is 70.8 Å². The first kappa shape index (κ1) is 10.2. The number of aromatic nitrogens is 4. The van der Waals surface area contributed by atoms with Gasteiger partial charge < -0.3 is 14.3 Å². The van der Waals surface area contributed by atoms with Gasteiger partial charge in [-0.15, -0.1) is 5.10 Å². The van der Waals surface area contributed by atoms with Crippen molar-refractivity contribution in [3.63, 3.8) is 0 Å². The molecule has 1 aliphatic heterocycles. The highest BCUT2D eigenvalue weighted by molar-refractivity contribution is 5.31. The number of hydrogen-bond donors (Lipinski definition) is 1. The molecule has 0 amide bonds. The zero-order chi connectivity index (χ0) is 11.8. The van der Waals surface area contributed by atoms with Gasteiger partial charge in [-0.25, -0.2) is 4.98 Å². The monoisotopic (exact) mass is 241 g/mol. The van der Waals surface area contributed by atoms with Gasteiger partial charge in [0.2, 0.25) is 0 Å². The Hall–Kier alpha value is -1.99. The lowest BCUT2D eigenvalue weighted by Crippen LogP contribution is -2.30. The summed E-state index contributed by atoms with van der Waals surface area (Å²) in [5.74, 6) is -0.643.